The van der Waals surface area contributed by atoms with Gasteiger partial charge in [-0.2, -0.15) is 4.39 Å². The van der Waals surface area contributed by atoms with Crippen LogP contribution in [0.25, 0.3) is 0 Å². The first-order valence-electron chi connectivity index (χ1n) is 2.65. The van der Waals surface area contributed by atoms with Crippen LogP contribution in [0.1, 0.15) is 5.56 Å². The first kappa shape index (κ1) is 7.08. The number of hydrogen-bond acceptors (Lipinski definition) is 2. The Labute approximate surface area is 56.1 Å². The third kappa shape index (κ3) is 1.11. The normalized spacial score (nSPS) is 9.90. The van der Waals surface area contributed by atoms with Crippen molar-refractivity contribution >= 4 is 0 Å². The number of aliphatic hydroxyl groups excluding tert-OH is 1. The van der Waals surface area contributed by atoms with E-state index in [1.165, 1.54) is 0 Å². The lowest BCUT2D eigenvalue weighted by molar-refractivity contribution is 0.266. The van der Waals surface area contributed by atoms with E-state index in [9.17, 15) is 8.78 Å². The number of aromatic nitrogens is 1. The predicted octanol–water partition coefficient (Wildman–Crippen LogP) is 0.852. The molecule has 10 heavy (non-hydrogen) atoms. The molecule has 0 unspecified atom stereocenters. The monoisotopic (exact) mass is 145 g/mol. The van der Waals surface area contributed by atoms with E-state index in [4.69, 9.17) is 5.11 Å². The third-order valence-corrected chi connectivity index (χ3v) is 1.10. The average Bonchev–Trinajstić information content (AvgIpc) is 1.88. The number of nitrogens with zero attached hydrogens (tertiary/aromatic N) is 1. The highest BCUT2D eigenvalue weighted by Gasteiger charge is 2.06. The van der Waals surface area contributed by atoms with Crippen LogP contribution < -0.4 is 0 Å². The van der Waals surface area contributed by atoms with Crippen molar-refractivity contribution in [2.75, 3.05) is 0 Å². The molecule has 1 N–H and O–H groups in total. The number of halogens is 2. The summed E-state index contributed by atoms with van der Waals surface area (Å²) >= 11 is 0. The lowest BCUT2D eigenvalue weighted by atomic mass is 10.3. The molecule has 0 fully saturated rings. The van der Waals surface area contributed by atoms with Crippen molar-refractivity contribution in [1.82, 2.24) is 4.98 Å². The van der Waals surface area contributed by atoms with Crippen LogP contribution in [-0.4, -0.2) is 10.1 Å². The standard InChI is InChI=1S/C6H5F2NO/c7-5-1-2-9-6(8)4(5)3-10/h1-2,10H,3H2. The van der Waals surface area contributed by atoms with Crippen molar-refractivity contribution in [2.24, 2.45) is 0 Å². The van der Waals surface area contributed by atoms with Gasteiger partial charge < -0.3 is 5.11 Å². The van der Waals surface area contributed by atoms with Crippen molar-refractivity contribution in [3.8, 4) is 0 Å². The minimum absolute atomic E-state index is 0.387. The van der Waals surface area contributed by atoms with E-state index >= 15 is 0 Å². The molecule has 2 nitrogen and oxygen atoms in total. The van der Waals surface area contributed by atoms with Gasteiger partial charge in [0.05, 0.1) is 12.2 Å². The van der Waals surface area contributed by atoms with E-state index in [0.717, 1.165) is 12.3 Å². The van der Waals surface area contributed by atoms with Crippen LogP contribution in [0, 0.1) is 11.8 Å². The summed E-state index contributed by atoms with van der Waals surface area (Å²) in [5, 5.41) is 8.38. The first-order chi connectivity index (χ1) is 4.75. The zero-order chi connectivity index (χ0) is 7.56. The zero-order valence-electron chi connectivity index (χ0n) is 5.01. The summed E-state index contributed by atoms with van der Waals surface area (Å²) in [6, 6.07) is 0.995. The smallest absolute Gasteiger partial charge is 0.221 e. The molecule has 1 heterocycles. The molecule has 0 aliphatic heterocycles. The highest BCUT2D eigenvalue weighted by atomic mass is 19.1. The predicted molar refractivity (Wildman–Crippen MR) is 30.1 cm³/mol. The van der Waals surface area contributed by atoms with Gasteiger partial charge in [-0.3, -0.25) is 0 Å². The fraction of sp³-hybridized carbons (Fsp3) is 0.167. The number of pyridine rings is 1. The van der Waals surface area contributed by atoms with Gasteiger partial charge in [0.15, 0.2) is 0 Å². The van der Waals surface area contributed by atoms with Crippen molar-refractivity contribution in [3.05, 3.63) is 29.6 Å². The zero-order valence-corrected chi connectivity index (χ0v) is 5.01. The molecule has 0 aliphatic rings. The van der Waals surface area contributed by atoms with Crippen molar-refractivity contribution < 1.29 is 13.9 Å². The molecule has 0 saturated carbocycles. The Morgan fingerprint density at radius 2 is 2.20 bits per heavy atom. The minimum Gasteiger partial charge on any atom is -0.391 e. The van der Waals surface area contributed by atoms with Gasteiger partial charge in [0, 0.05) is 6.20 Å². The van der Waals surface area contributed by atoms with E-state index in [2.05, 4.69) is 4.98 Å². The second-order valence-electron chi connectivity index (χ2n) is 1.72. The third-order valence-electron chi connectivity index (χ3n) is 1.10. The Morgan fingerprint density at radius 1 is 1.50 bits per heavy atom. The fourth-order valence-corrected chi connectivity index (χ4v) is 0.586. The molecule has 0 atom stereocenters. The van der Waals surface area contributed by atoms with E-state index < -0.39 is 18.4 Å². The highest BCUT2D eigenvalue weighted by molar-refractivity contribution is 5.11. The molecule has 0 aliphatic carbocycles. The van der Waals surface area contributed by atoms with E-state index in [1.807, 2.05) is 0 Å². The van der Waals surface area contributed by atoms with Crippen LogP contribution in [-0.2, 0) is 6.61 Å². The molecule has 4 heteroatoms. The van der Waals surface area contributed by atoms with Crippen molar-refractivity contribution in [3.63, 3.8) is 0 Å². The molecule has 0 saturated heterocycles. The number of rotatable bonds is 1. The molecule has 0 radical (unpaired) electrons. The summed E-state index contributed by atoms with van der Waals surface area (Å²) in [5.41, 5.74) is -0.387. The van der Waals surface area contributed by atoms with Gasteiger partial charge >= 0.3 is 0 Å². The van der Waals surface area contributed by atoms with Crippen LogP contribution in [0.3, 0.4) is 0 Å². The molecule has 54 valence electrons. The largest absolute Gasteiger partial charge is 0.391 e. The molecule has 0 aromatic carbocycles. The minimum atomic E-state index is -0.956. The van der Waals surface area contributed by atoms with Crippen molar-refractivity contribution in [2.45, 2.75) is 6.61 Å². The Bertz CT molecular complexity index is 219. The van der Waals surface area contributed by atoms with Crippen molar-refractivity contribution in [1.29, 1.82) is 0 Å². The average molecular weight is 145 g/mol. The van der Waals surface area contributed by atoms with Crippen LogP contribution >= 0.6 is 0 Å². The van der Waals surface area contributed by atoms with E-state index in [-0.39, 0.29) is 5.56 Å². The van der Waals surface area contributed by atoms with E-state index in [1.54, 1.807) is 0 Å². The van der Waals surface area contributed by atoms with Gasteiger partial charge in [0.2, 0.25) is 5.95 Å². The van der Waals surface area contributed by atoms with Gasteiger partial charge in [-0.15, -0.1) is 0 Å². The summed E-state index contributed by atoms with van der Waals surface area (Å²) in [6.07, 6.45) is 1.00. The summed E-state index contributed by atoms with van der Waals surface area (Å²) in [6.45, 7) is -0.661. The molecule has 1 aromatic heterocycles. The second-order valence-corrected chi connectivity index (χ2v) is 1.72. The molecule has 0 spiro atoms. The summed E-state index contributed by atoms with van der Waals surface area (Å²) in [7, 11) is 0. The SMILES string of the molecule is OCc1c(F)ccnc1F. The topological polar surface area (TPSA) is 33.1 Å². The number of aliphatic hydroxyl groups is 1. The quantitative estimate of drug-likeness (QED) is 0.594. The highest BCUT2D eigenvalue weighted by Crippen LogP contribution is 2.07. The van der Waals surface area contributed by atoms with Crippen LogP contribution in [0.5, 0.6) is 0 Å². The van der Waals surface area contributed by atoms with Gasteiger partial charge in [0.25, 0.3) is 0 Å². The van der Waals surface area contributed by atoms with Crippen LogP contribution in [0.2, 0.25) is 0 Å². The van der Waals surface area contributed by atoms with Crippen LogP contribution in [0.4, 0.5) is 8.78 Å². The van der Waals surface area contributed by atoms with Gasteiger partial charge in [-0.25, -0.2) is 9.37 Å². The molecular formula is C6H5F2NO. The molecule has 0 bridgehead atoms. The van der Waals surface area contributed by atoms with Gasteiger partial charge in [-0.05, 0) is 6.07 Å². The Morgan fingerprint density at radius 3 is 2.60 bits per heavy atom. The Hall–Kier alpha value is -1.03. The molecule has 0 amide bonds. The first-order valence-corrected chi connectivity index (χ1v) is 2.65. The lowest BCUT2D eigenvalue weighted by Gasteiger charge is -1.96. The second kappa shape index (κ2) is 2.70. The lowest BCUT2D eigenvalue weighted by Crippen LogP contribution is -1.96. The maximum absolute atomic E-state index is 12.4. The Kier molecular flexibility index (Phi) is 1.91. The van der Waals surface area contributed by atoms with Gasteiger partial charge in [-0.1, -0.05) is 0 Å². The Balaban J connectivity index is 3.17. The summed E-state index contributed by atoms with van der Waals surface area (Å²) in [4.78, 5) is 3.14. The molecule has 1 aromatic rings. The summed E-state index contributed by atoms with van der Waals surface area (Å²) < 4.78 is 24.8. The van der Waals surface area contributed by atoms with E-state index in [0.29, 0.717) is 0 Å². The maximum Gasteiger partial charge on any atom is 0.221 e. The van der Waals surface area contributed by atoms with Gasteiger partial charge in [0.1, 0.15) is 5.82 Å². The molecule has 1 rings (SSSR count). The summed E-state index contributed by atoms with van der Waals surface area (Å²) in [5.74, 6) is -1.72. The van der Waals surface area contributed by atoms with Crippen LogP contribution in [0.15, 0.2) is 12.3 Å². The maximum atomic E-state index is 12.4. The molecular weight excluding hydrogens is 140 g/mol. The fourth-order valence-electron chi connectivity index (χ4n) is 0.586. The number of hydrogen-bond donors (Lipinski definition) is 1.